The molecule has 0 aliphatic carbocycles. The summed E-state index contributed by atoms with van der Waals surface area (Å²) in [4.78, 5) is 61.4. The Labute approximate surface area is 148 Å². The van der Waals surface area contributed by atoms with Crippen molar-refractivity contribution in [1.82, 2.24) is 5.06 Å². The lowest BCUT2D eigenvalue weighted by Gasteiger charge is -2.18. The number of amides is 2. The Balaban J connectivity index is 1.87. The lowest BCUT2D eigenvalue weighted by Crippen LogP contribution is -2.44. The standard InChI is InChI=1S/C17H17NO8/c19-9-11-3-1-10(2-4-11)5-6-12(20)15(23)16(24)17(25)26-18-13(21)7-8-14(18)22/h1-4,9,15-16,23-24H,5-8H2. The van der Waals surface area contributed by atoms with E-state index in [0.717, 1.165) is 5.56 Å². The summed E-state index contributed by atoms with van der Waals surface area (Å²) in [6.45, 7) is 0. The predicted octanol–water partition coefficient (Wildman–Crippen LogP) is -0.670. The highest BCUT2D eigenvalue weighted by molar-refractivity contribution is 6.02. The van der Waals surface area contributed by atoms with E-state index in [1.165, 1.54) is 0 Å². The van der Waals surface area contributed by atoms with Gasteiger partial charge in [-0.3, -0.25) is 19.2 Å². The lowest BCUT2D eigenvalue weighted by molar-refractivity contribution is -0.206. The maximum atomic E-state index is 11.9. The lowest BCUT2D eigenvalue weighted by atomic mass is 10.0. The molecule has 0 spiro atoms. The van der Waals surface area contributed by atoms with Gasteiger partial charge in [0.1, 0.15) is 12.4 Å². The molecule has 0 bridgehead atoms. The number of Topliss-reactive ketones (excluding diaryl/α,β-unsaturated/α-hetero) is 1. The second-order valence-electron chi connectivity index (χ2n) is 5.71. The highest BCUT2D eigenvalue weighted by atomic mass is 16.7. The second-order valence-corrected chi connectivity index (χ2v) is 5.71. The zero-order valence-electron chi connectivity index (χ0n) is 13.7. The van der Waals surface area contributed by atoms with Crippen molar-refractivity contribution in [3.63, 3.8) is 0 Å². The summed E-state index contributed by atoms with van der Waals surface area (Å²) in [6.07, 6.45) is -3.78. The number of carbonyl (C=O) groups excluding carboxylic acids is 5. The fourth-order valence-electron chi connectivity index (χ4n) is 2.29. The molecular formula is C17H17NO8. The molecule has 1 aromatic rings. The fraction of sp³-hybridized carbons (Fsp3) is 0.353. The molecule has 0 saturated carbocycles. The van der Waals surface area contributed by atoms with E-state index in [4.69, 9.17) is 0 Å². The summed E-state index contributed by atoms with van der Waals surface area (Å²) in [5, 5.41) is 19.7. The third-order valence-electron chi connectivity index (χ3n) is 3.83. The van der Waals surface area contributed by atoms with E-state index >= 15 is 0 Å². The van der Waals surface area contributed by atoms with Gasteiger partial charge in [0.15, 0.2) is 11.9 Å². The van der Waals surface area contributed by atoms with Gasteiger partial charge in [-0.05, 0) is 12.0 Å². The van der Waals surface area contributed by atoms with E-state index in [0.29, 0.717) is 11.8 Å². The number of benzene rings is 1. The molecule has 0 aromatic heterocycles. The summed E-state index contributed by atoms with van der Waals surface area (Å²) in [5.41, 5.74) is 1.20. The molecule has 1 fully saturated rings. The van der Waals surface area contributed by atoms with Gasteiger partial charge in [0.2, 0.25) is 0 Å². The van der Waals surface area contributed by atoms with Crippen molar-refractivity contribution in [2.24, 2.45) is 0 Å². The molecule has 2 unspecified atom stereocenters. The Hall–Kier alpha value is -2.91. The van der Waals surface area contributed by atoms with Crippen LogP contribution >= 0.6 is 0 Å². The highest BCUT2D eigenvalue weighted by Gasteiger charge is 2.37. The van der Waals surface area contributed by atoms with Gasteiger partial charge in [0.25, 0.3) is 11.8 Å². The monoisotopic (exact) mass is 363 g/mol. The number of imide groups is 1. The zero-order valence-corrected chi connectivity index (χ0v) is 13.7. The summed E-state index contributed by atoms with van der Waals surface area (Å²) in [5.74, 6) is -3.76. The number of hydrogen-bond acceptors (Lipinski definition) is 8. The Morgan fingerprint density at radius 1 is 1.08 bits per heavy atom. The molecule has 138 valence electrons. The number of aliphatic hydroxyl groups excluding tert-OH is 2. The van der Waals surface area contributed by atoms with Gasteiger partial charge >= 0.3 is 5.97 Å². The van der Waals surface area contributed by atoms with Crippen LogP contribution in [0.1, 0.15) is 35.2 Å². The number of rotatable bonds is 8. The van der Waals surface area contributed by atoms with E-state index in [9.17, 15) is 34.2 Å². The minimum absolute atomic E-state index is 0.118. The molecule has 2 rings (SSSR count). The van der Waals surface area contributed by atoms with Crippen LogP contribution in [0, 0.1) is 0 Å². The van der Waals surface area contributed by atoms with Gasteiger partial charge in [-0.2, -0.15) is 0 Å². The van der Waals surface area contributed by atoms with Gasteiger partial charge < -0.3 is 15.1 Å². The number of nitrogens with zero attached hydrogens (tertiary/aromatic N) is 1. The second kappa shape index (κ2) is 8.45. The largest absolute Gasteiger partial charge is 0.382 e. The number of aliphatic hydroxyl groups is 2. The van der Waals surface area contributed by atoms with Gasteiger partial charge in [-0.1, -0.05) is 24.3 Å². The normalized spacial score (nSPS) is 16.3. The maximum Gasteiger partial charge on any atom is 0.364 e. The molecule has 9 heteroatoms. The molecular weight excluding hydrogens is 346 g/mol. The van der Waals surface area contributed by atoms with Crippen LogP contribution in [0.5, 0.6) is 0 Å². The summed E-state index contributed by atoms with van der Waals surface area (Å²) in [6, 6.07) is 6.41. The van der Waals surface area contributed by atoms with Crippen LogP contribution in [-0.4, -0.2) is 57.3 Å². The number of aldehydes is 1. The van der Waals surface area contributed by atoms with E-state index in [2.05, 4.69) is 4.84 Å². The average molecular weight is 363 g/mol. The Bertz CT molecular complexity index is 711. The van der Waals surface area contributed by atoms with Crippen LogP contribution in [0.3, 0.4) is 0 Å². The Kier molecular flexibility index (Phi) is 6.31. The molecule has 9 nitrogen and oxygen atoms in total. The molecule has 26 heavy (non-hydrogen) atoms. The van der Waals surface area contributed by atoms with Crippen molar-refractivity contribution in [2.45, 2.75) is 37.9 Å². The van der Waals surface area contributed by atoms with Crippen molar-refractivity contribution in [2.75, 3.05) is 0 Å². The first kappa shape index (κ1) is 19.4. The molecule has 2 atom stereocenters. The van der Waals surface area contributed by atoms with Crippen molar-refractivity contribution in [3.8, 4) is 0 Å². The van der Waals surface area contributed by atoms with Gasteiger partial charge in [-0.15, -0.1) is 5.06 Å². The quantitative estimate of drug-likeness (QED) is 0.458. The van der Waals surface area contributed by atoms with Crippen LogP contribution < -0.4 is 0 Å². The molecule has 1 heterocycles. The topological polar surface area (TPSA) is 138 Å². The molecule has 1 saturated heterocycles. The van der Waals surface area contributed by atoms with Crippen molar-refractivity contribution in [3.05, 3.63) is 35.4 Å². The molecule has 1 aliphatic heterocycles. The summed E-state index contributed by atoms with van der Waals surface area (Å²) in [7, 11) is 0. The maximum absolute atomic E-state index is 11.9. The first-order valence-corrected chi connectivity index (χ1v) is 7.84. The number of ketones is 1. The third kappa shape index (κ3) is 4.58. The number of hydroxylamine groups is 2. The SMILES string of the molecule is O=Cc1ccc(CCC(=O)C(O)C(O)C(=O)ON2C(=O)CCC2=O)cc1. The fourth-order valence-corrected chi connectivity index (χ4v) is 2.29. The van der Waals surface area contributed by atoms with Gasteiger partial charge in [-0.25, -0.2) is 4.79 Å². The molecule has 1 aliphatic rings. The van der Waals surface area contributed by atoms with E-state index in [-0.39, 0.29) is 30.7 Å². The number of hydrogen-bond donors (Lipinski definition) is 2. The highest BCUT2D eigenvalue weighted by Crippen LogP contribution is 2.14. The number of aryl methyl sites for hydroxylation is 1. The Morgan fingerprint density at radius 2 is 1.65 bits per heavy atom. The molecule has 2 amide bonds. The van der Waals surface area contributed by atoms with Crippen molar-refractivity contribution in [1.29, 1.82) is 0 Å². The first-order valence-electron chi connectivity index (χ1n) is 7.84. The Morgan fingerprint density at radius 3 is 2.19 bits per heavy atom. The predicted molar refractivity (Wildman–Crippen MR) is 84.4 cm³/mol. The van der Waals surface area contributed by atoms with E-state index in [1.54, 1.807) is 24.3 Å². The molecule has 1 aromatic carbocycles. The first-order chi connectivity index (χ1) is 12.3. The minimum atomic E-state index is -2.22. The molecule has 0 radical (unpaired) electrons. The summed E-state index contributed by atoms with van der Waals surface area (Å²) < 4.78 is 0. The smallest absolute Gasteiger partial charge is 0.364 e. The van der Waals surface area contributed by atoms with Crippen molar-refractivity contribution >= 4 is 29.9 Å². The summed E-state index contributed by atoms with van der Waals surface area (Å²) >= 11 is 0. The van der Waals surface area contributed by atoms with Crippen LogP contribution in [-0.2, 0) is 30.4 Å². The van der Waals surface area contributed by atoms with E-state index in [1.807, 2.05) is 0 Å². The van der Waals surface area contributed by atoms with Gasteiger partial charge in [0.05, 0.1) is 0 Å². The van der Waals surface area contributed by atoms with Crippen LogP contribution in [0.25, 0.3) is 0 Å². The van der Waals surface area contributed by atoms with Crippen LogP contribution in [0.4, 0.5) is 0 Å². The van der Waals surface area contributed by atoms with Gasteiger partial charge in [0, 0.05) is 24.8 Å². The third-order valence-corrected chi connectivity index (χ3v) is 3.83. The minimum Gasteiger partial charge on any atom is -0.382 e. The average Bonchev–Trinajstić information content (AvgIpc) is 2.97. The van der Waals surface area contributed by atoms with E-state index < -0.39 is 35.8 Å². The van der Waals surface area contributed by atoms with Crippen LogP contribution in [0.15, 0.2) is 24.3 Å². The molecule has 2 N–H and O–H groups in total. The number of carbonyl (C=O) groups is 5. The van der Waals surface area contributed by atoms with Crippen molar-refractivity contribution < 1.29 is 39.0 Å². The van der Waals surface area contributed by atoms with Crippen LogP contribution in [0.2, 0.25) is 0 Å². The zero-order chi connectivity index (χ0) is 19.3.